The third-order valence-corrected chi connectivity index (χ3v) is 4.22. The second-order valence-corrected chi connectivity index (χ2v) is 5.62. The molecule has 0 spiro atoms. The molecule has 5 heteroatoms. The molecule has 1 aliphatic carbocycles. The fourth-order valence-electron chi connectivity index (χ4n) is 2.41. The highest BCUT2D eigenvalue weighted by atomic mass is 79.9. The van der Waals surface area contributed by atoms with Crippen LogP contribution in [0, 0.1) is 12.8 Å². The molecule has 0 aromatic heterocycles. The van der Waals surface area contributed by atoms with Crippen LogP contribution in [0.4, 0.5) is 0 Å². The lowest BCUT2D eigenvalue weighted by Crippen LogP contribution is -2.10. The molecule has 1 saturated carbocycles. The number of rotatable bonds is 4. The van der Waals surface area contributed by atoms with E-state index in [1.165, 1.54) is 6.07 Å². The highest BCUT2D eigenvalue weighted by Gasteiger charge is 2.36. The number of phenolic OH excluding ortho intramolecular Hbond substituents is 2. The number of benzene rings is 1. The second kappa shape index (κ2) is 4.80. The maximum absolute atomic E-state index is 11.0. The largest absolute Gasteiger partial charge is 0.504 e. The van der Waals surface area contributed by atoms with Gasteiger partial charge in [-0.15, -0.1) is 0 Å². The number of hydrogen-bond donors (Lipinski definition) is 3. The number of aromatic hydroxyl groups is 2. The number of carboxylic acids is 1. The number of aliphatic carboxylic acids is 1. The fraction of sp³-hybridized carbons (Fsp3) is 0.462. The zero-order valence-corrected chi connectivity index (χ0v) is 11.6. The van der Waals surface area contributed by atoms with Crippen molar-refractivity contribution in [2.24, 2.45) is 5.92 Å². The summed E-state index contributed by atoms with van der Waals surface area (Å²) >= 11 is 3.27. The lowest BCUT2D eigenvalue weighted by atomic mass is 9.87. The molecular formula is C13H15BrO4. The molecule has 18 heavy (non-hydrogen) atoms. The molecule has 0 aliphatic heterocycles. The highest BCUT2D eigenvalue weighted by molar-refractivity contribution is 9.10. The standard InChI is InChI=1S/C13H15BrO4/c1-6-4-9(15)13(18)12(14)11(6)8(5-10(16)17)7-2-3-7/h4,7-8,15,18H,2-3,5H2,1H3,(H,16,17). The van der Waals surface area contributed by atoms with Crippen LogP contribution in [0.15, 0.2) is 10.5 Å². The van der Waals surface area contributed by atoms with Crippen molar-refractivity contribution in [3.05, 3.63) is 21.7 Å². The molecule has 1 aromatic rings. The van der Waals surface area contributed by atoms with Crippen LogP contribution in [0.3, 0.4) is 0 Å². The summed E-state index contributed by atoms with van der Waals surface area (Å²) < 4.78 is 0.415. The molecule has 0 radical (unpaired) electrons. The van der Waals surface area contributed by atoms with Gasteiger partial charge >= 0.3 is 5.97 Å². The maximum Gasteiger partial charge on any atom is 0.303 e. The van der Waals surface area contributed by atoms with Crippen LogP contribution in [0.25, 0.3) is 0 Å². The van der Waals surface area contributed by atoms with Gasteiger partial charge in [-0.25, -0.2) is 0 Å². The monoisotopic (exact) mass is 314 g/mol. The van der Waals surface area contributed by atoms with E-state index in [0.29, 0.717) is 10.4 Å². The Labute approximate surface area is 113 Å². The minimum absolute atomic E-state index is 0.0499. The summed E-state index contributed by atoms with van der Waals surface area (Å²) in [6, 6.07) is 1.48. The van der Waals surface area contributed by atoms with Crippen LogP contribution in [-0.4, -0.2) is 21.3 Å². The molecular weight excluding hydrogens is 300 g/mol. The van der Waals surface area contributed by atoms with Gasteiger partial charge in [0.25, 0.3) is 0 Å². The number of aryl methyl sites for hydroxylation is 1. The van der Waals surface area contributed by atoms with E-state index in [1.807, 2.05) is 6.92 Å². The van der Waals surface area contributed by atoms with Crippen molar-refractivity contribution in [1.29, 1.82) is 0 Å². The average molecular weight is 315 g/mol. The van der Waals surface area contributed by atoms with Gasteiger partial charge in [-0.05, 0) is 64.7 Å². The first-order valence-corrected chi connectivity index (χ1v) is 6.63. The molecule has 1 atom stereocenters. The Hall–Kier alpha value is -1.23. The summed E-state index contributed by atoms with van der Waals surface area (Å²) in [5.41, 5.74) is 1.60. The molecule has 4 nitrogen and oxygen atoms in total. The van der Waals surface area contributed by atoms with E-state index in [-0.39, 0.29) is 23.8 Å². The van der Waals surface area contributed by atoms with Crippen molar-refractivity contribution < 1.29 is 20.1 Å². The highest BCUT2D eigenvalue weighted by Crippen LogP contribution is 2.50. The van der Waals surface area contributed by atoms with Crippen molar-refractivity contribution in [1.82, 2.24) is 0 Å². The van der Waals surface area contributed by atoms with Crippen LogP contribution < -0.4 is 0 Å². The SMILES string of the molecule is Cc1cc(O)c(O)c(Br)c1C(CC(=O)O)C1CC1. The van der Waals surface area contributed by atoms with Crippen molar-refractivity contribution in [2.75, 3.05) is 0 Å². The predicted molar refractivity (Wildman–Crippen MR) is 69.9 cm³/mol. The maximum atomic E-state index is 11.0. The van der Waals surface area contributed by atoms with Crippen LogP contribution >= 0.6 is 15.9 Å². The van der Waals surface area contributed by atoms with E-state index in [4.69, 9.17) is 5.11 Å². The molecule has 1 aliphatic rings. The summed E-state index contributed by atoms with van der Waals surface area (Å²) in [6.07, 6.45) is 2.09. The van der Waals surface area contributed by atoms with Crippen LogP contribution in [0.5, 0.6) is 11.5 Å². The zero-order chi connectivity index (χ0) is 13.4. The molecule has 0 heterocycles. The Bertz CT molecular complexity index is 494. The van der Waals surface area contributed by atoms with Crippen molar-refractivity contribution in [3.63, 3.8) is 0 Å². The van der Waals surface area contributed by atoms with E-state index in [9.17, 15) is 15.0 Å². The lowest BCUT2D eigenvalue weighted by Gasteiger charge is -2.20. The van der Waals surface area contributed by atoms with Crippen molar-refractivity contribution in [2.45, 2.75) is 32.1 Å². The average Bonchev–Trinajstić information content (AvgIpc) is 3.08. The fourth-order valence-corrected chi connectivity index (χ4v) is 3.22. The molecule has 1 aromatic carbocycles. The Kier molecular flexibility index (Phi) is 3.52. The van der Waals surface area contributed by atoms with Crippen LogP contribution in [0.1, 0.15) is 36.3 Å². The Morgan fingerprint density at radius 3 is 2.61 bits per heavy atom. The second-order valence-electron chi connectivity index (χ2n) is 4.83. The van der Waals surface area contributed by atoms with Gasteiger partial charge in [-0.1, -0.05) is 0 Å². The van der Waals surface area contributed by atoms with Gasteiger partial charge in [-0.3, -0.25) is 4.79 Å². The van der Waals surface area contributed by atoms with Crippen LogP contribution in [0.2, 0.25) is 0 Å². The van der Waals surface area contributed by atoms with E-state index in [2.05, 4.69) is 15.9 Å². The molecule has 0 bridgehead atoms. The lowest BCUT2D eigenvalue weighted by molar-refractivity contribution is -0.137. The minimum Gasteiger partial charge on any atom is -0.504 e. The Balaban J connectivity index is 2.47. The molecule has 2 rings (SSSR count). The quantitative estimate of drug-likeness (QED) is 0.746. The summed E-state index contributed by atoms with van der Waals surface area (Å²) in [7, 11) is 0. The minimum atomic E-state index is -0.842. The van der Waals surface area contributed by atoms with Gasteiger partial charge in [0.2, 0.25) is 0 Å². The number of phenols is 2. The van der Waals surface area contributed by atoms with Gasteiger partial charge in [0.15, 0.2) is 11.5 Å². The summed E-state index contributed by atoms with van der Waals surface area (Å²) in [6.45, 7) is 1.82. The first-order chi connectivity index (χ1) is 8.41. The van der Waals surface area contributed by atoms with E-state index < -0.39 is 5.97 Å². The van der Waals surface area contributed by atoms with Gasteiger partial charge in [-0.2, -0.15) is 0 Å². The van der Waals surface area contributed by atoms with Crippen molar-refractivity contribution >= 4 is 21.9 Å². The smallest absolute Gasteiger partial charge is 0.303 e. The first-order valence-electron chi connectivity index (χ1n) is 5.84. The van der Waals surface area contributed by atoms with E-state index in [0.717, 1.165) is 24.0 Å². The summed E-state index contributed by atoms with van der Waals surface area (Å²) in [5, 5.41) is 28.3. The third kappa shape index (κ3) is 2.46. The molecule has 0 saturated heterocycles. The van der Waals surface area contributed by atoms with E-state index in [1.54, 1.807) is 0 Å². The Morgan fingerprint density at radius 2 is 2.11 bits per heavy atom. The van der Waals surface area contributed by atoms with Gasteiger partial charge in [0.1, 0.15) is 0 Å². The number of hydrogen-bond acceptors (Lipinski definition) is 3. The topological polar surface area (TPSA) is 77.8 Å². The van der Waals surface area contributed by atoms with Gasteiger partial charge < -0.3 is 15.3 Å². The summed E-state index contributed by atoms with van der Waals surface area (Å²) in [5.74, 6) is -0.992. The number of carbonyl (C=O) groups is 1. The molecule has 98 valence electrons. The van der Waals surface area contributed by atoms with E-state index >= 15 is 0 Å². The Morgan fingerprint density at radius 1 is 1.50 bits per heavy atom. The summed E-state index contributed by atoms with van der Waals surface area (Å²) in [4.78, 5) is 11.0. The normalized spacial score (nSPS) is 16.6. The molecule has 3 N–H and O–H groups in total. The number of carboxylic acid groups (broad SMARTS) is 1. The van der Waals surface area contributed by atoms with Crippen molar-refractivity contribution in [3.8, 4) is 11.5 Å². The third-order valence-electron chi connectivity index (χ3n) is 3.42. The zero-order valence-electron chi connectivity index (χ0n) is 9.98. The first kappa shape index (κ1) is 13.2. The molecule has 0 amide bonds. The molecule has 1 unspecified atom stereocenters. The number of halogens is 1. The van der Waals surface area contributed by atoms with Gasteiger partial charge in [0, 0.05) is 0 Å². The molecule has 1 fully saturated rings. The van der Waals surface area contributed by atoms with Gasteiger partial charge in [0.05, 0.1) is 10.9 Å². The van der Waals surface area contributed by atoms with Crippen LogP contribution in [-0.2, 0) is 4.79 Å². The predicted octanol–water partition coefficient (Wildman–Crippen LogP) is 3.14.